The third kappa shape index (κ3) is 2.16. The lowest BCUT2D eigenvalue weighted by atomic mass is 10.2. The zero-order chi connectivity index (χ0) is 13.5. The van der Waals surface area contributed by atoms with Gasteiger partial charge in [0.25, 0.3) is 0 Å². The van der Waals surface area contributed by atoms with E-state index in [1.807, 2.05) is 18.2 Å². The molecule has 0 bridgehead atoms. The van der Waals surface area contributed by atoms with E-state index in [2.05, 4.69) is 21.3 Å². The molecule has 5 heteroatoms. The van der Waals surface area contributed by atoms with Crippen LogP contribution >= 0.6 is 11.3 Å². The van der Waals surface area contributed by atoms with Crippen LogP contribution in [-0.2, 0) is 4.79 Å². The van der Waals surface area contributed by atoms with Crippen molar-refractivity contribution in [3.05, 3.63) is 24.3 Å². The van der Waals surface area contributed by atoms with Gasteiger partial charge in [-0.1, -0.05) is 23.5 Å². The SMILES string of the molecule is O=C(NC1CC1)C1CCCN1c1nc2ccccc2s1. The molecule has 104 valence electrons. The van der Waals surface area contributed by atoms with Gasteiger partial charge in [-0.2, -0.15) is 0 Å². The van der Waals surface area contributed by atoms with Crippen LogP contribution in [0.4, 0.5) is 5.13 Å². The fraction of sp³-hybridized carbons (Fsp3) is 0.467. The highest BCUT2D eigenvalue weighted by molar-refractivity contribution is 7.22. The van der Waals surface area contributed by atoms with E-state index in [1.165, 1.54) is 4.70 Å². The zero-order valence-electron chi connectivity index (χ0n) is 11.2. The standard InChI is InChI=1S/C15H17N3OS/c19-14(16-10-7-8-10)12-5-3-9-18(12)15-17-11-4-1-2-6-13(11)20-15/h1-2,4,6,10,12H,3,5,7-9H2,(H,16,19). The van der Waals surface area contributed by atoms with Gasteiger partial charge in [0.15, 0.2) is 5.13 Å². The number of carbonyl (C=O) groups is 1. The first-order chi connectivity index (χ1) is 9.81. The van der Waals surface area contributed by atoms with Gasteiger partial charge in [0.2, 0.25) is 5.91 Å². The molecule has 1 saturated carbocycles. The number of hydrogen-bond donors (Lipinski definition) is 1. The van der Waals surface area contributed by atoms with E-state index < -0.39 is 0 Å². The first-order valence-electron chi connectivity index (χ1n) is 7.24. The fourth-order valence-electron chi connectivity index (χ4n) is 2.78. The molecule has 1 aliphatic carbocycles. The Labute approximate surface area is 121 Å². The maximum atomic E-state index is 12.3. The van der Waals surface area contributed by atoms with Crippen molar-refractivity contribution >= 4 is 32.6 Å². The summed E-state index contributed by atoms with van der Waals surface area (Å²) in [5.74, 6) is 0.184. The number of aromatic nitrogens is 1. The monoisotopic (exact) mass is 287 g/mol. The Balaban J connectivity index is 1.60. The molecule has 4 rings (SSSR count). The van der Waals surface area contributed by atoms with Gasteiger partial charge in [-0.15, -0.1) is 0 Å². The number of amides is 1. The molecule has 1 atom stereocenters. The van der Waals surface area contributed by atoms with E-state index >= 15 is 0 Å². The molecule has 2 heterocycles. The lowest BCUT2D eigenvalue weighted by Crippen LogP contribution is -2.44. The van der Waals surface area contributed by atoms with Crippen LogP contribution in [0.3, 0.4) is 0 Å². The molecule has 0 radical (unpaired) electrons. The molecule has 1 amide bonds. The van der Waals surface area contributed by atoms with E-state index in [0.717, 1.165) is 42.9 Å². The number of rotatable bonds is 3. The van der Waals surface area contributed by atoms with Crippen molar-refractivity contribution in [2.24, 2.45) is 0 Å². The van der Waals surface area contributed by atoms with Crippen molar-refractivity contribution in [2.45, 2.75) is 37.8 Å². The van der Waals surface area contributed by atoms with Crippen LogP contribution in [-0.4, -0.2) is 29.5 Å². The van der Waals surface area contributed by atoms with Crippen molar-refractivity contribution < 1.29 is 4.79 Å². The van der Waals surface area contributed by atoms with Gasteiger partial charge in [0, 0.05) is 12.6 Å². The molecule has 2 aromatic rings. The number of benzene rings is 1. The summed E-state index contributed by atoms with van der Waals surface area (Å²) in [5, 5.41) is 4.11. The van der Waals surface area contributed by atoms with Gasteiger partial charge in [-0.3, -0.25) is 4.79 Å². The van der Waals surface area contributed by atoms with Gasteiger partial charge >= 0.3 is 0 Å². The van der Waals surface area contributed by atoms with Gasteiger partial charge < -0.3 is 10.2 Å². The molecule has 2 fully saturated rings. The maximum Gasteiger partial charge on any atom is 0.243 e. The fourth-order valence-corrected chi connectivity index (χ4v) is 3.82. The quantitative estimate of drug-likeness (QED) is 0.943. The molecule has 2 aliphatic rings. The van der Waals surface area contributed by atoms with Crippen molar-refractivity contribution in [3.8, 4) is 0 Å². The Kier molecular flexibility index (Phi) is 2.88. The minimum Gasteiger partial charge on any atom is -0.352 e. The maximum absolute atomic E-state index is 12.3. The van der Waals surface area contributed by atoms with E-state index in [9.17, 15) is 4.79 Å². The normalized spacial score (nSPS) is 22.4. The number of nitrogens with zero attached hydrogens (tertiary/aromatic N) is 2. The minimum atomic E-state index is -0.0313. The zero-order valence-corrected chi connectivity index (χ0v) is 12.0. The molecule has 4 nitrogen and oxygen atoms in total. The third-order valence-corrected chi connectivity index (χ3v) is 5.08. The molecule has 1 unspecified atom stereocenters. The number of fused-ring (bicyclic) bond motifs is 1. The summed E-state index contributed by atoms with van der Waals surface area (Å²) in [6, 6.07) is 8.56. The molecular formula is C15H17N3OS. The second-order valence-electron chi connectivity index (χ2n) is 5.60. The van der Waals surface area contributed by atoms with Gasteiger partial charge in [-0.05, 0) is 37.8 Å². The third-order valence-electron chi connectivity index (χ3n) is 4.01. The lowest BCUT2D eigenvalue weighted by Gasteiger charge is -2.23. The van der Waals surface area contributed by atoms with E-state index in [1.54, 1.807) is 11.3 Å². The molecule has 1 N–H and O–H groups in total. The first-order valence-corrected chi connectivity index (χ1v) is 8.05. The van der Waals surface area contributed by atoms with Crippen LogP contribution in [0.2, 0.25) is 0 Å². The second kappa shape index (κ2) is 4.74. The topological polar surface area (TPSA) is 45.2 Å². The first kappa shape index (κ1) is 12.1. The van der Waals surface area contributed by atoms with Crippen LogP contribution < -0.4 is 10.2 Å². The summed E-state index contributed by atoms with van der Waals surface area (Å²) < 4.78 is 1.19. The average Bonchev–Trinajstić information content (AvgIpc) is 3.00. The summed E-state index contributed by atoms with van der Waals surface area (Å²) >= 11 is 1.69. The van der Waals surface area contributed by atoms with E-state index in [-0.39, 0.29) is 11.9 Å². The van der Waals surface area contributed by atoms with Crippen molar-refractivity contribution in [1.82, 2.24) is 10.3 Å². The van der Waals surface area contributed by atoms with Crippen LogP contribution in [0.1, 0.15) is 25.7 Å². The molecule has 1 aliphatic heterocycles. The summed E-state index contributed by atoms with van der Waals surface area (Å²) in [7, 11) is 0. The smallest absolute Gasteiger partial charge is 0.243 e. The summed E-state index contributed by atoms with van der Waals surface area (Å²) in [5.41, 5.74) is 1.03. The van der Waals surface area contributed by atoms with Crippen LogP contribution in [0.25, 0.3) is 10.2 Å². The van der Waals surface area contributed by atoms with E-state index in [0.29, 0.717) is 6.04 Å². The largest absolute Gasteiger partial charge is 0.352 e. The van der Waals surface area contributed by atoms with Crippen molar-refractivity contribution in [1.29, 1.82) is 0 Å². The van der Waals surface area contributed by atoms with Crippen LogP contribution in [0.15, 0.2) is 24.3 Å². The molecular weight excluding hydrogens is 270 g/mol. The Hall–Kier alpha value is -1.62. The lowest BCUT2D eigenvalue weighted by molar-refractivity contribution is -0.122. The Morgan fingerprint density at radius 3 is 2.95 bits per heavy atom. The van der Waals surface area contributed by atoms with Crippen LogP contribution in [0, 0.1) is 0 Å². The minimum absolute atomic E-state index is 0.0313. The summed E-state index contributed by atoms with van der Waals surface area (Å²) in [4.78, 5) is 19.2. The molecule has 0 spiro atoms. The Bertz CT molecular complexity index is 616. The Morgan fingerprint density at radius 2 is 2.15 bits per heavy atom. The molecule has 20 heavy (non-hydrogen) atoms. The number of thiazole rings is 1. The Morgan fingerprint density at radius 1 is 1.30 bits per heavy atom. The van der Waals surface area contributed by atoms with Crippen molar-refractivity contribution in [3.63, 3.8) is 0 Å². The van der Waals surface area contributed by atoms with E-state index in [4.69, 9.17) is 0 Å². The number of carbonyl (C=O) groups excluding carboxylic acids is 1. The van der Waals surface area contributed by atoms with Gasteiger partial charge in [0.1, 0.15) is 6.04 Å². The predicted molar refractivity (Wildman–Crippen MR) is 81.2 cm³/mol. The highest BCUT2D eigenvalue weighted by Crippen LogP contribution is 2.33. The second-order valence-corrected chi connectivity index (χ2v) is 6.61. The van der Waals surface area contributed by atoms with Gasteiger partial charge in [0.05, 0.1) is 10.2 Å². The van der Waals surface area contributed by atoms with Crippen molar-refractivity contribution in [2.75, 3.05) is 11.4 Å². The predicted octanol–water partition coefficient (Wildman–Crippen LogP) is 2.54. The molecule has 1 saturated heterocycles. The number of para-hydroxylation sites is 1. The average molecular weight is 287 g/mol. The molecule has 1 aromatic carbocycles. The number of nitrogens with one attached hydrogen (secondary N) is 1. The summed E-state index contributed by atoms with van der Waals surface area (Å²) in [6.07, 6.45) is 4.28. The molecule has 1 aromatic heterocycles. The highest BCUT2D eigenvalue weighted by atomic mass is 32.1. The van der Waals surface area contributed by atoms with Gasteiger partial charge in [-0.25, -0.2) is 4.98 Å². The highest BCUT2D eigenvalue weighted by Gasteiger charge is 2.35. The number of hydrogen-bond acceptors (Lipinski definition) is 4. The number of anilines is 1. The summed E-state index contributed by atoms with van der Waals surface area (Å²) in [6.45, 7) is 0.933. The van der Waals surface area contributed by atoms with Crippen LogP contribution in [0.5, 0.6) is 0 Å².